The van der Waals surface area contributed by atoms with E-state index in [1.807, 2.05) is 0 Å². The number of methoxy groups -OCH3 is 1. The number of nitrogens with zero attached hydrogens (tertiary/aromatic N) is 2. The van der Waals surface area contributed by atoms with Gasteiger partial charge in [0.25, 0.3) is 5.91 Å². The number of likely N-dealkylation sites (tertiary alicyclic amines) is 1. The number of aromatic nitrogens is 1. The van der Waals surface area contributed by atoms with E-state index in [2.05, 4.69) is 34.4 Å². The number of hydrogen-bond donors (Lipinski definition) is 3. The fourth-order valence-corrected chi connectivity index (χ4v) is 4.21. The molecule has 0 atom stereocenters. The summed E-state index contributed by atoms with van der Waals surface area (Å²) in [4.78, 5) is 14.1. The number of piperidine rings is 1. The number of fused-ring (bicyclic) bond motifs is 1. The Morgan fingerprint density at radius 3 is 2.47 bits per heavy atom. The standard InChI is InChI=1S/C22H21F3N4O2.C6H13N/c1-27-21(30)14-8-9-18(20(11-14)31-2)28-10-4-5-15-12-16-17(26)6-3-7-19(16)29(15)13-22(23,24)25;1-7-5-3-2-4-6-7/h3,6-9,11-12,28H,10,13,26H2,1-2H3,(H,27,30);2-6H2,1H3. The van der Waals surface area contributed by atoms with E-state index >= 15 is 0 Å². The van der Waals surface area contributed by atoms with E-state index in [-0.39, 0.29) is 18.1 Å². The molecule has 1 amide bonds. The number of nitrogens with two attached hydrogens (primary N) is 1. The number of nitrogens with one attached hydrogen (secondary N) is 2. The predicted octanol–water partition coefficient (Wildman–Crippen LogP) is 4.72. The number of hydrogen-bond acceptors (Lipinski definition) is 5. The molecule has 1 aromatic heterocycles. The van der Waals surface area contributed by atoms with Crippen molar-refractivity contribution >= 4 is 28.2 Å². The summed E-state index contributed by atoms with van der Waals surface area (Å²) in [6, 6.07) is 11.3. The molecule has 4 rings (SSSR count). The van der Waals surface area contributed by atoms with Crippen molar-refractivity contribution in [2.24, 2.45) is 0 Å². The first kappa shape index (κ1) is 28.7. The Bertz CT molecular complexity index is 1300. The number of amides is 1. The lowest BCUT2D eigenvalue weighted by molar-refractivity contribution is -0.140. The smallest absolute Gasteiger partial charge is 0.406 e. The fraction of sp³-hybridized carbons (Fsp3) is 0.393. The molecule has 7 nitrogen and oxygen atoms in total. The molecule has 0 radical (unpaired) electrons. The minimum absolute atomic E-state index is 0.151. The van der Waals surface area contributed by atoms with Gasteiger partial charge in [0.1, 0.15) is 12.3 Å². The first-order valence-corrected chi connectivity index (χ1v) is 12.4. The maximum Gasteiger partial charge on any atom is 0.406 e. The van der Waals surface area contributed by atoms with Gasteiger partial charge in [-0.2, -0.15) is 13.2 Å². The number of alkyl halides is 3. The number of nitrogen functional groups attached to an aromatic ring is 1. The highest BCUT2D eigenvalue weighted by molar-refractivity contribution is 5.95. The summed E-state index contributed by atoms with van der Waals surface area (Å²) >= 11 is 0. The number of anilines is 2. The molecule has 38 heavy (non-hydrogen) atoms. The zero-order valence-corrected chi connectivity index (χ0v) is 21.9. The summed E-state index contributed by atoms with van der Waals surface area (Å²) in [5.41, 5.74) is 7.93. The molecule has 0 spiro atoms. The first-order valence-electron chi connectivity index (χ1n) is 12.4. The van der Waals surface area contributed by atoms with Crippen molar-refractivity contribution in [2.45, 2.75) is 32.0 Å². The number of carbonyl (C=O) groups is 1. The molecule has 0 unspecified atom stereocenters. The van der Waals surface area contributed by atoms with Crippen molar-refractivity contribution in [2.75, 3.05) is 51.9 Å². The zero-order chi connectivity index (χ0) is 27.7. The quantitative estimate of drug-likeness (QED) is 0.329. The maximum absolute atomic E-state index is 13.1. The molecule has 4 N–H and O–H groups in total. The van der Waals surface area contributed by atoms with E-state index in [0.29, 0.717) is 33.6 Å². The molecule has 0 aliphatic carbocycles. The Kier molecular flexibility index (Phi) is 9.91. The summed E-state index contributed by atoms with van der Waals surface area (Å²) in [7, 11) is 5.20. The van der Waals surface area contributed by atoms with Crippen LogP contribution < -0.4 is 21.1 Å². The minimum atomic E-state index is -4.40. The van der Waals surface area contributed by atoms with E-state index in [1.165, 1.54) is 46.5 Å². The minimum Gasteiger partial charge on any atom is -0.495 e. The topological polar surface area (TPSA) is 84.5 Å². The summed E-state index contributed by atoms with van der Waals surface area (Å²) in [5.74, 6) is 5.82. The second-order valence-corrected chi connectivity index (χ2v) is 9.02. The van der Waals surface area contributed by atoms with Gasteiger partial charge in [-0.05, 0) is 75.3 Å². The van der Waals surface area contributed by atoms with E-state index in [4.69, 9.17) is 10.5 Å². The number of carbonyl (C=O) groups excluding carboxylic acids is 1. The third-order valence-corrected chi connectivity index (χ3v) is 6.17. The highest BCUT2D eigenvalue weighted by atomic mass is 19.4. The van der Waals surface area contributed by atoms with Crippen LogP contribution in [0, 0.1) is 11.8 Å². The average molecular weight is 530 g/mol. The molecule has 1 fully saturated rings. The molecule has 0 saturated carbocycles. The molecular weight excluding hydrogens is 495 g/mol. The van der Waals surface area contributed by atoms with Crippen LogP contribution in [0.1, 0.15) is 35.3 Å². The fourth-order valence-electron chi connectivity index (χ4n) is 4.21. The highest BCUT2D eigenvalue weighted by Gasteiger charge is 2.29. The summed E-state index contributed by atoms with van der Waals surface area (Å²) < 4.78 is 45.6. The van der Waals surface area contributed by atoms with Gasteiger partial charge in [0.2, 0.25) is 0 Å². The van der Waals surface area contributed by atoms with Crippen LogP contribution >= 0.6 is 0 Å². The molecule has 2 aromatic carbocycles. The van der Waals surface area contributed by atoms with Gasteiger partial charge in [-0.3, -0.25) is 4.79 Å². The largest absolute Gasteiger partial charge is 0.495 e. The zero-order valence-electron chi connectivity index (χ0n) is 21.9. The number of rotatable bonds is 5. The van der Waals surface area contributed by atoms with Crippen molar-refractivity contribution in [1.82, 2.24) is 14.8 Å². The molecule has 1 aliphatic heterocycles. The SMILES string of the molecule is CN1CCCCC1.CNC(=O)c1ccc(NCC#Cc2cc3c(N)cccc3n2CC(F)(F)F)c(OC)c1. The van der Waals surface area contributed by atoms with E-state index in [0.717, 1.165) is 4.57 Å². The second-order valence-electron chi connectivity index (χ2n) is 9.02. The van der Waals surface area contributed by atoms with Gasteiger partial charge in [-0.25, -0.2) is 0 Å². The molecule has 1 saturated heterocycles. The van der Waals surface area contributed by atoms with Gasteiger partial charge in [-0.15, -0.1) is 0 Å². The van der Waals surface area contributed by atoms with Crippen LogP contribution in [0.15, 0.2) is 42.5 Å². The van der Waals surface area contributed by atoms with Crippen molar-refractivity contribution in [1.29, 1.82) is 0 Å². The summed E-state index contributed by atoms with van der Waals surface area (Å²) in [6.45, 7) is 1.63. The molecule has 204 valence electrons. The van der Waals surface area contributed by atoms with Crippen molar-refractivity contribution in [3.05, 3.63) is 53.7 Å². The summed E-state index contributed by atoms with van der Waals surface area (Å²) in [6.07, 6.45) is -0.123. The highest BCUT2D eigenvalue weighted by Crippen LogP contribution is 2.29. The third kappa shape index (κ3) is 7.83. The molecule has 3 aromatic rings. The van der Waals surface area contributed by atoms with Crippen molar-refractivity contribution in [3.63, 3.8) is 0 Å². The van der Waals surface area contributed by atoms with Crippen LogP contribution in [0.4, 0.5) is 24.5 Å². The van der Waals surface area contributed by atoms with Gasteiger partial charge in [-0.1, -0.05) is 18.4 Å². The van der Waals surface area contributed by atoms with Crippen LogP contribution in [0.2, 0.25) is 0 Å². The normalized spacial score (nSPS) is 13.6. The van der Waals surface area contributed by atoms with Crippen molar-refractivity contribution < 1.29 is 22.7 Å². The molecule has 1 aliphatic rings. The average Bonchev–Trinajstić information content (AvgIpc) is 3.24. The van der Waals surface area contributed by atoms with E-state index in [1.54, 1.807) is 42.5 Å². The Balaban J connectivity index is 0.000000494. The first-order chi connectivity index (χ1) is 18.1. The summed E-state index contributed by atoms with van der Waals surface area (Å²) in [5, 5.41) is 6.10. The Labute approximate surface area is 221 Å². The molecule has 0 bridgehead atoms. The lowest BCUT2D eigenvalue weighted by Gasteiger charge is -2.20. The van der Waals surface area contributed by atoms with Crippen LogP contribution in [0.3, 0.4) is 0 Å². The Morgan fingerprint density at radius 2 is 1.87 bits per heavy atom. The number of ether oxygens (including phenoxy) is 1. The predicted molar refractivity (Wildman–Crippen MR) is 146 cm³/mol. The maximum atomic E-state index is 13.1. The van der Waals surface area contributed by atoms with Gasteiger partial charge in [0.05, 0.1) is 30.6 Å². The monoisotopic (exact) mass is 529 g/mol. The number of benzene rings is 2. The van der Waals surface area contributed by atoms with Crippen LogP contribution in [0.25, 0.3) is 10.9 Å². The van der Waals surface area contributed by atoms with Gasteiger partial charge in [0, 0.05) is 23.7 Å². The molecular formula is C28H34F3N5O2. The van der Waals surface area contributed by atoms with E-state index < -0.39 is 12.7 Å². The Morgan fingerprint density at radius 1 is 1.13 bits per heavy atom. The second kappa shape index (κ2) is 13.1. The molecule has 2 heterocycles. The van der Waals surface area contributed by atoms with E-state index in [9.17, 15) is 18.0 Å². The van der Waals surface area contributed by atoms with Gasteiger partial charge in [0.15, 0.2) is 0 Å². The number of halogens is 3. The lowest BCUT2D eigenvalue weighted by Crippen LogP contribution is -2.24. The van der Waals surface area contributed by atoms with Crippen LogP contribution in [0.5, 0.6) is 5.75 Å². The molecule has 10 heteroatoms. The van der Waals surface area contributed by atoms with Crippen LogP contribution in [-0.4, -0.2) is 62.4 Å². The van der Waals surface area contributed by atoms with Crippen molar-refractivity contribution in [3.8, 4) is 17.6 Å². The third-order valence-electron chi connectivity index (χ3n) is 6.17. The van der Waals surface area contributed by atoms with Crippen LogP contribution in [-0.2, 0) is 6.54 Å². The lowest BCUT2D eigenvalue weighted by atomic mass is 10.1. The van der Waals surface area contributed by atoms with Gasteiger partial charge < -0.3 is 30.6 Å². The van der Waals surface area contributed by atoms with Gasteiger partial charge >= 0.3 is 6.18 Å². The Hall–Kier alpha value is -3.84.